The molecule has 4 rings (SSSR count). The molecular weight excluding hydrogens is 393 g/mol. The van der Waals surface area contributed by atoms with E-state index in [-0.39, 0.29) is 16.2 Å². The van der Waals surface area contributed by atoms with E-state index in [1.165, 1.54) is 0 Å². The molecular formula is C18H9Cl2N3O2S. The van der Waals surface area contributed by atoms with Crippen molar-refractivity contribution in [2.24, 2.45) is 0 Å². The molecule has 0 bridgehead atoms. The third-order valence-electron chi connectivity index (χ3n) is 3.71. The highest BCUT2D eigenvalue weighted by Gasteiger charge is 2.13. The molecule has 0 aliphatic rings. The first-order valence-electron chi connectivity index (χ1n) is 7.49. The molecule has 0 unspecified atom stereocenters. The number of thiazole rings is 1. The molecule has 0 amide bonds. The highest BCUT2D eigenvalue weighted by molar-refractivity contribution is 7.15. The average molecular weight is 402 g/mol. The highest BCUT2D eigenvalue weighted by Crippen LogP contribution is 2.24. The molecule has 128 valence electrons. The first-order valence-corrected chi connectivity index (χ1v) is 9.07. The highest BCUT2D eigenvalue weighted by atomic mass is 35.5. The molecule has 4 aromatic rings. The van der Waals surface area contributed by atoms with Gasteiger partial charge in [-0.05, 0) is 18.2 Å². The zero-order chi connectivity index (χ0) is 18.3. The van der Waals surface area contributed by atoms with E-state index in [0.717, 1.165) is 15.9 Å². The summed E-state index contributed by atoms with van der Waals surface area (Å²) < 4.78 is 1.47. The zero-order valence-corrected chi connectivity index (χ0v) is 15.3. The lowest BCUT2D eigenvalue weighted by atomic mass is 10.2. The number of fused-ring (bicyclic) bond motifs is 1. The van der Waals surface area contributed by atoms with Crippen LogP contribution >= 0.6 is 34.5 Å². The van der Waals surface area contributed by atoms with Crippen LogP contribution in [0.4, 0.5) is 0 Å². The van der Waals surface area contributed by atoms with Crippen molar-refractivity contribution in [2.75, 3.05) is 0 Å². The number of hydrogen-bond donors (Lipinski definition) is 0. The molecule has 2 aromatic heterocycles. The number of hydrogen-bond acceptors (Lipinski definition) is 5. The Labute approximate surface area is 160 Å². The minimum absolute atomic E-state index is 0.125. The number of benzene rings is 2. The lowest BCUT2D eigenvalue weighted by Gasteiger charge is -1.99. The van der Waals surface area contributed by atoms with E-state index in [2.05, 4.69) is 10.1 Å². The number of nitrogens with zero attached hydrogens (tertiary/aromatic N) is 3. The van der Waals surface area contributed by atoms with Crippen molar-refractivity contribution in [1.29, 1.82) is 0 Å². The molecule has 0 spiro atoms. The van der Waals surface area contributed by atoms with Gasteiger partial charge in [-0.15, -0.1) is 0 Å². The fourth-order valence-corrected chi connectivity index (χ4v) is 3.86. The van der Waals surface area contributed by atoms with Crippen LogP contribution in [0.5, 0.6) is 0 Å². The third kappa shape index (κ3) is 2.92. The van der Waals surface area contributed by atoms with E-state index in [4.69, 9.17) is 23.2 Å². The van der Waals surface area contributed by atoms with Gasteiger partial charge in [0.15, 0.2) is 5.69 Å². The fourth-order valence-electron chi connectivity index (χ4n) is 2.47. The van der Waals surface area contributed by atoms with Crippen LogP contribution in [0.2, 0.25) is 10.0 Å². The quantitative estimate of drug-likeness (QED) is 0.517. The second-order valence-electron chi connectivity index (χ2n) is 5.38. The van der Waals surface area contributed by atoms with E-state index in [0.29, 0.717) is 25.7 Å². The van der Waals surface area contributed by atoms with E-state index in [9.17, 15) is 9.59 Å². The maximum Gasteiger partial charge on any atom is 0.300 e. The minimum atomic E-state index is -0.486. The molecule has 26 heavy (non-hydrogen) atoms. The van der Waals surface area contributed by atoms with Gasteiger partial charge in [0.2, 0.25) is 4.96 Å². The van der Waals surface area contributed by atoms with Crippen molar-refractivity contribution < 1.29 is 0 Å². The van der Waals surface area contributed by atoms with Crippen molar-refractivity contribution in [3.8, 4) is 11.3 Å². The van der Waals surface area contributed by atoms with Crippen LogP contribution in [0, 0.1) is 0 Å². The minimum Gasteiger partial charge on any atom is -0.266 e. The number of rotatable bonds is 2. The van der Waals surface area contributed by atoms with Crippen LogP contribution in [0.1, 0.15) is 5.56 Å². The van der Waals surface area contributed by atoms with Crippen LogP contribution in [0.15, 0.2) is 58.1 Å². The van der Waals surface area contributed by atoms with Crippen LogP contribution in [-0.4, -0.2) is 14.6 Å². The number of aromatic nitrogens is 3. The van der Waals surface area contributed by atoms with Crippen molar-refractivity contribution in [3.05, 3.63) is 89.4 Å². The first-order chi connectivity index (χ1) is 12.5. The van der Waals surface area contributed by atoms with E-state index in [1.807, 2.05) is 6.07 Å². The van der Waals surface area contributed by atoms with E-state index < -0.39 is 5.56 Å². The molecule has 2 heterocycles. The summed E-state index contributed by atoms with van der Waals surface area (Å²) in [5.74, 6) is 0. The summed E-state index contributed by atoms with van der Waals surface area (Å²) in [7, 11) is 0. The van der Waals surface area contributed by atoms with Gasteiger partial charge in [0.1, 0.15) is 0 Å². The van der Waals surface area contributed by atoms with Gasteiger partial charge in [-0.2, -0.15) is 14.6 Å². The predicted octanol–water partition coefficient (Wildman–Crippen LogP) is 3.03. The zero-order valence-electron chi connectivity index (χ0n) is 13.0. The summed E-state index contributed by atoms with van der Waals surface area (Å²) in [5.41, 5.74) is 0.390. The Morgan fingerprint density at radius 2 is 1.65 bits per heavy atom. The second-order valence-corrected chi connectivity index (χ2v) is 7.20. The molecule has 2 aromatic carbocycles. The molecule has 0 fully saturated rings. The Bertz CT molecular complexity index is 1280. The van der Waals surface area contributed by atoms with Gasteiger partial charge in [0.05, 0.1) is 4.53 Å². The van der Waals surface area contributed by atoms with Gasteiger partial charge in [-0.3, -0.25) is 9.59 Å². The van der Waals surface area contributed by atoms with E-state index >= 15 is 0 Å². The van der Waals surface area contributed by atoms with Crippen molar-refractivity contribution in [2.45, 2.75) is 0 Å². The Hall–Kier alpha value is -2.54. The summed E-state index contributed by atoms with van der Waals surface area (Å²) in [6.45, 7) is 0. The van der Waals surface area contributed by atoms with Crippen LogP contribution < -0.4 is 15.7 Å². The summed E-state index contributed by atoms with van der Waals surface area (Å²) in [5, 5.41) is 5.06. The lowest BCUT2D eigenvalue weighted by Crippen LogP contribution is -2.26. The molecule has 0 aliphatic heterocycles. The standard InChI is InChI=1S/C18H9Cl2N3O2S/c19-12-7-4-8-13(20)11(12)9-14-17(25)23-18(26-14)21-16(24)15(22-23)10-5-2-1-3-6-10/h1-9H/b14-9-. The molecule has 8 heteroatoms. The predicted molar refractivity (Wildman–Crippen MR) is 104 cm³/mol. The molecule has 0 radical (unpaired) electrons. The van der Waals surface area contributed by atoms with Crippen molar-refractivity contribution in [1.82, 2.24) is 14.6 Å². The van der Waals surface area contributed by atoms with Gasteiger partial charge in [0.25, 0.3) is 5.56 Å². The van der Waals surface area contributed by atoms with Crippen molar-refractivity contribution >= 4 is 45.6 Å². The lowest BCUT2D eigenvalue weighted by molar-refractivity contribution is 0.873. The Morgan fingerprint density at radius 1 is 0.962 bits per heavy atom. The Balaban J connectivity index is 1.98. The van der Waals surface area contributed by atoms with Crippen LogP contribution in [-0.2, 0) is 0 Å². The summed E-state index contributed by atoms with van der Waals surface area (Å²) >= 11 is 13.4. The van der Waals surface area contributed by atoms with Crippen LogP contribution in [0.25, 0.3) is 22.3 Å². The van der Waals surface area contributed by atoms with Gasteiger partial charge < -0.3 is 0 Å². The van der Waals surface area contributed by atoms with Crippen LogP contribution in [0.3, 0.4) is 0 Å². The Morgan fingerprint density at radius 3 is 2.35 bits per heavy atom. The van der Waals surface area contributed by atoms with E-state index in [1.54, 1.807) is 48.5 Å². The normalized spacial score (nSPS) is 12.0. The van der Waals surface area contributed by atoms with Gasteiger partial charge in [-0.25, -0.2) is 0 Å². The summed E-state index contributed by atoms with van der Waals surface area (Å²) in [4.78, 5) is 29.2. The Kier molecular flexibility index (Phi) is 4.32. The maximum atomic E-state index is 12.7. The molecule has 5 nitrogen and oxygen atoms in total. The molecule has 0 atom stereocenters. The SMILES string of the molecule is O=c1nc2s/c(=C\c3c(Cl)cccc3Cl)c(=O)n2nc1-c1ccccc1. The van der Waals surface area contributed by atoms with Gasteiger partial charge >= 0.3 is 5.56 Å². The summed E-state index contributed by atoms with van der Waals surface area (Å²) in [6.07, 6.45) is 1.58. The van der Waals surface area contributed by atoms with Gasteiger partial charge in [-0.1, -0.05) is 70.9 Å². The smallest absolute Gasteiger partial charge is 0.266 e. The van der Waals surface area contributed by atoms with Crippen molar-refractivity contribution in [3.63, 3.8) is 0 Å². The summed E-state index contributed by atoms with van der Waals surface area (Å²) in [6, 6.07) is 14.0. The second kappa shape index (κ2) is 6.64. The molecule has 0 N–H and O–H groups in total. The van der Waals surface area contributed by atoms with Gasteiger partial charge in [0, 0.05) is 21.2 Å². The molecule has 0 aliphatic carbocycles. The third-order valence-corrected chi connectivity index (χ3v) is 5.33. The molecule has 0 saturated carbocycles. The number of halogens is 2. The fraction of sp³-hybridized carbons (Fsp3) is 0. The average Bonchev–Trinajstić information content (AvgIpc) is 2.93. The molecule has 0 saturated heterocycles. The first kappa shape index (κ1) is 16.9. The topological polar surface area (TPSA) is 64.3 Å². The monoisotopic (exact) mass is 401 g/mol. The maximum absolute atomic E-state index is 12.7. The largest absolute Gasteiger partial charge is 0.300 e.